The van der Waals surface area contributed by atoms with Crippen molar-refractivity contribution in [3.8, 4) is 0 Å². The Bertz CT molecular complexity index is 211. The maximum Gasteiger partial charge on any atom is 0.389 e. The quantitative estimate of drug-likeness (QED) is 0.800. The van der Waals surface area contributed by atoms with Gasteiger partial charge in [-0.25, -0.2) is 0 Å². The van der Waals surface area contributed by atoms with Gasteiger partial charge in [0.1, 0.15) is 0 Å². The number of ether oxygens (including phenoxy) is 1. The lowest BCUT2D eigenvalue weighted by Crippen LogP contribution is -2.50. The molecule has 0 saturated carbocycles. The van der Waals surface area contributed by atoms with E-state index in [0.29, 0.717) is 13.2 Å². The molecule has 1 aliphatic heterocycles. The molecule has 0 spiro atoms. The largest absolute Gasteiger partial charge is 0.389 e. The monoisotopic (exact) mass is 240 g/mol. The Morgan fingerprint density at radius 3 is 2.69 bits per heavy atom. The molecule has 96 valence electrons. The van der Waals surface area contributed by atoms with Gasteiger partial charge < -0.3 is 15.0 Å². The molecule has 1 fully saturated rings. The number of hydrogen-bond acceptors (Lipinski definition) is 3. The lowest BCUT2D eigenvalue weighted by Gasteiger charge is -2.35. The van der Waals surface area contributed by atoms with Crippen molar-refractivity contribution in [2.45, 2.75) is 31.2 Å². The van der Waals surface area contributed by atoms with Crippen molar-refractivity contribution in [2.24, 2.45) is 0 Å². The van der Waals surface area contributed by atoms with Crippen molar-refractivity contribution >= 4 is 0 Å². The van der Waals surface area contributed by atoms with Crippen molar-refractivity contribution in [2.75, 3.05) is 33.8 Å². The predicted octanol–water partition coefficient (Wildman–Crippen LogP) is 1.25. The minimum atomic E-state index is -4.09. The summed E-state index contributed by atoms with van der Waals surface area (Å²) in [7, 11) is 3.63. The average Bonchev–Trinajstić information content (AvgIpc) is 2.17. The lowest BCUT2D eigenvalue weighted by molar-refractivity contribution is -0.139. The highest BCUT2D eigenvalue weighted by Crippen LogP contribution is 2.24. The van der Waals surface area contributed by atoms with Crippen LogP contribution in [0, 0.1) is 0 Å². The molecule has 1 saturated heterocycles. The summed E-state index contributed by atoms with van der Waals surface area (Å²) in [6, 6.07) is -0.232. The van der Waals surface area contributed by atoms with Crippen LogP contribution in [0.3, 0.4) is 0 Å². The number of likely N-dealkylation sites (N-methyl/N-ethyl adjacent to an activating group) is 2. The van der Waals surface area contributed by atoms with Crippen LogP contribution in [0.2, 0.25) is 0 Å². The minimum absolute atomic E-state index is 0.0680. The molecule has 0 aromatic heterocycles. The van der Waals surface area contributed by atoms with Gasteiger partial charge in [-0.2, -0.15) is 13.2 Å². The number of hydrogen-bond donors (Lipinski definition) is 1. The van der Waals surface area contributed by atoms with Crippen LogP contribution < -0.4 is 5.32 Å². The normalized spacial score (nSPS) is 25.7. The highest BCUT2D eigenvalue weighted by Gasteiger charge is 2.32. The van der Waals surface area contributed by atoms with Gasteiger partial charge in [-0.3, -0.25) is 0 Å². The lowest BCUT2D eigenvalue weighted by atomic mass is 10.0. The highest BCUT2D eigenvalue weighted by molar-refractivity contribution is 4.81. The molecule has 2 atom stereocenters. The molecule has 1 N–H and O–H groups in total. The fourth-order valence-electron chi connectivity index (χ4n) is 1.89. The summed E-state index contributed by atoms with van der Waals surface area (Å²) in [4.78, 5) is 2.08. The third-order valence-electron chi connectivity index (χ3n) is 2.85. The Balaban J connectivity index is 2.40. The maximum atomic E-state index is 12.1. The number of halogens is 3. The molecule has 0 aromatic carbocycles. The molecule has 16 heavy (non-hydrogen) atoms. The fraction of sp³-hybridized carbons (Fsp3) is 1.00. The Labute approximate surface area is 93.9 Å². The van der Waals surface area contributed by atoms with Crippen LogP contribution >= 0.6 is 0 Å². The first kappa shape index (κ1) is 13.7. The molecular weight excluding hydrogens is 221 g/mol. The first-order chi connectivity index (χ1) is 7.42. The fourth-order valence-corrected chi connectivity index (χ4v) is 1.89. The molecule has 1 aliphatic rings. The van der Waals surface area contributed by atoms with E-state index in [-0.39, 0.29) is 18.6 Å². The van der Waals surface area contributed by atoms with Gasteiger partial charge in [-0.05, 0) is 20.5 Å². The summed E-state index contributed by atoms with van der Waals surface area (Å²) in [5.74, 6) is 0. The number of rotatable bonds is 4. The Morgan fingerprint density at radius 1 is 1.50 bits per heavy atom. The summed E-state index contributed by atoms with van der Waals surface area (Å²) < 4.78 is 41.8. The Morgan fingerprint density at radius 2 is 2.19 bits per heavy atom. The topological polar surface area (TPSA) is 24.5 Å². The molecule has 1 heterocycles. The molecule has 0 amide bonds. The van der Waals surface area contributed by atoms with Gasteiger partial charge in [-0.1, -0.05) is 0 Å². The molecule has 1 rings (SSSR count). The number of morpholine rings is 1. The first-order valence-electron chi connectivity index (χ1n) is 5.46. The molecule has 0 radical (unpaired) electrons. The Kier molecular flexibility index (Phi) is 5.01. The molecule has 3 nitrogen and oxygen atoms in total. The van der Waals surface area contributed by atoms with Crippen LogP contribution in [0.25, 0.3) is 0 Å². The molecule has 0 bridgehead atoms. The zero-order valence-corrected chi connectivity index (χ0v) is 9.68. The van der Waals surface area contributed by atoms with E-state index in [9.17, 15) is 13.2 Å². The maximum absolute atomic E-state index is 12.1. The average molecular weight is 240 g/mol. The summed E-state index contributed by atoms with van der Waals surface area (Å²) in [6.07, 6.45) is -4.93. The van der Waals surface area contributed by atoms with E-state index < -0.39 is 12.6 Å². The predicted molar refractivity (Wildman–Crippen MR) is 55.4 cm³/mol. The van der Waals surface area contributed by atoms with Crippen molar-refractivity contribution in [1.82, 2.24) is 10.2 Å². The van der Waals surface area contributed by atoms with E-state index in [0.717, 1.165) is 6.54 Å². The zero-order chi connectivity index (χ0) is 12.2. The van der Waals surface area contributed by atoms with Crippen molar-refractivity contribution in [1.29, 1.82) is 0 Å². The second-order valence-electron chi connectivity index (χ2n) is 4.22. The summed E-state index contributed by atoms with van der Waals surface area (Å²) in [5, 5.41) is 2.91. The van der Waals surface area contributed by atoms with Crippen LogP contribution in [0.1, 0.15) is 12.8 Å². The Hall–Kier alpha value is -0.330. The van der Waals surface area contributed by atoms with Crippen LogP contribution in [0.5, 0.6) is 0 Å². The van der Waals surface area contributed by atoms with E-state index in [4.69, 9.17) is 4.74 Å². The molecular formula is C10H19F3N2O. The number of alkyl halides is 3. The zero-order valence-electron chi connectivity index (χ0n) is 9.68. The molecule has 0 aromatic rings. The van der Waals surface area contributed by atoms with Gasteiger partial charge in [0.05, 0.1) is 12.7 Å². The van der Waals surface area contributed by atoms with Crippen molar-refractivity contribution < 1.29 is 17.9 Å². The van der Waals surface area contributed by atoms with E-state index in [1.54, 1.807) is 7.05 Å². The van der Waals surface area contributed by atoms with Gasteiger partial charge in [0.15, 0.2) is 0 Å². The second kappa shape index (κ2) is 5.84. The minimum Gasteiger partial charge on any atom is -0.374 e. The molecule has 0 aliphatic carbocycles. The van der Waals surface area contributed by atoms with Gasteiger partial charge in [0.25, 0.3) is 0 Å². The second-order valence-corrected chi connectivity index (χ2v) is 4.22. The van der Waals surface area contributed by atoms with Gasteiger partial charge >= 0.3 is 6.18 Å². The molecule has 2 unspecified atom stereocenters. The van der Waals surface area contributed by atoms with Crippen LogP contribution in [-0.4, -0.2) is 57.0 Å². The molecule has 6 heteroatoms. The summed E-state index contributed by atoms with van der Waals surface area (Å²) in [5.41, 5.74) is 0. The summed E-state index contributed by atoms with van der Waals surface area (Å²) in [6.45, 7) is 2.11. The van der Waals surface area contributed by atoms with E-state index >= 15 is 0 Å². The van der Waals surface area contributed by atoms with Gasteiger partial charge in [0, 0.05) is 25.6 Å². The van der Waals surface area contributed by atoms with E-state index in [1.807, 2.05) is 7.05 Å². The third-order valence-corrected chi connectivity index (χ3v) is 2.85. The summed E-state index contributed by atoms with van der Waals surface area (Å²) >= 11 is 0. The van der Waals surface area contributed by atoms with E-state index in [1.165, 1.54) is 0 Å². The van der Waals surface area contributed by atoms with Crippen LogP contribution in [-0.2, 0) is 4.74 Å². The van der Waals surface area contributed by atoms with Crippen molar-refractivity contribution in [3.63, 3.8) is 0 Å². The van der Waals surface area contributed by atoms with Crippen molar-refractivity contribution in [3.05, 3.63) is 0 Å². The highest BCUT2D eigenvalue weighted by atomic mass is 19.4. The SMILES string of the molecule is CNC(CCC(F)(F)F)C1CN(C)CCO1. The van der Waals surface area contributed by atoms with E-state index in [2.05, 4.69) is 10.2 Å². The standard InChI is InChI=1S/C10H19F3N2O/c1-14-8(3-4-10(11,12)13)9-7-15(2)5-6-16-9/h8-9,14H,3-7H2,1-2H3. The number of nitrogens with one attached hydrogen (secondary N) is 1. The van der Waals surface area contributed by atoms with Crippen LogP contribution in [0.15, 0.2) is 0 Å². The van der Waals surface area contributed by atoms with Crippen LogP contribution in [0.4, 0.5) is 13.2 Å². The van der Waals surface area contributed by atoms with Gasteiger partial charge in [-0.15, -0.1) is 0 Å². The smallest absolute Gasteiger partial charge is 0.374 e. The first-order valence-corrected chi connectivity index (χ1v) is 5.46. The third kappa shape index (κ3) is 4.67. The number of nitrogens with zero attached hydrogens (tertiary/aromatic N) is 1. The van der Waals surface area contributed by atoms with Gasteiger partial charge in [0.2, 0.25) is 0 Å².